The number of ether oxygens (including phenoxy) is 1. The smallest absolute Gasteiger partial charge is 0.263 e. The number of para-hydroxylation sites is 3. The van der Waals surface area contributed by atoms with Crippen molar-refractivity contribution in [2.45, 2.75) is 13.8 Å². The largest absolute Gasteiger partial charge is 0.453 e. The van der Waals surface area contributed by atoms with Gasteiger partial charge in [-0.3, -0.25) is 9.69 Å². The number of benzene rings is 3. The molecule has 4 nitrogen and oxygen atoms in total. The van der Waals surface area contributed by atoms with E-state index < -0.39 is 0 Å². The molecule has 1 aliphatic rings. The van der Waals surface area contributed by atoms with E-state index >= 15 is 0 Å². The fourth-order valence-corrected chi connectivity index (χ4v) is 3.53. The highest BCUT2D eigenvalue weighted by Crippen LogP contribution is 2.51. The predicted molar refractivity (Wildman–Crippen MR) is 109 cm³/mol. The first-order valence-corrected chi connectivity index (χ1v) is 9.29. The van der Waals surface area contributed by atoms with Crippen LogP contribution >= 0.6 is 0 Å². The second-order valence-corrected chi connectivity index (χ2v) is 6.37. The molecule has 0 radical (unpaired) electrons. The van der Waals surface area contributed by atoms with Gasteiger partial charge in [0.2, 0.25) is 0 Å². The van der Waals surface area contributed by atoms with E-state index in [2.05, 4.69) is 24.8 Å². The Labute approximate surface area is 159 Å². The van der Waals surface area contributed by atoms with Crippen molar-refractivity contribution in [3.63, 3.8) is 0 Å². The third-order valence-corrected chi connectivity index (χ3v) is 4.86. The van der Waals surface area contributed by atoms with Gasteiger partial charge in [-0.05, 0) is 50.2 Å². The first-order chi connectivity index (χ1) is 13.2. The van der Waals surface area contributed by atoms with Gasteiger partial charge < -0.3 is 9.64 Å². The maximum absolute atomic E-state index is 13.5. The number of nitrogens with zero attached hydrogens (tertiary/aromatic N) is 2. The molecule has 0 spiro atoms. The van der Waals surface area contributed by atoms with Gasteiger partial charge in [0.25, 0.3) is 5.91 Å². The zero-order valence-electron chi connectivity index (χ0n) is 15.6. The molecule has 136 valence electrons. The third-order valence-electron chi connectivity index (χ3n) is 4.86. The molecule has 0 aromatic heterocycles. The zero-order valence-corrected chi connectivity index (χ0v) is 15.6. The fraction of sp³-hybridized carbons (Fsp3) is 0.174. The number of carbonyl (C=O) groups excluding carboxylic acids is 1. The lowest BCUT2D eigenvalue weighted by molar-refractivity contribution is 0.0997. The van der Waals surface area contributed by atoms with E-state index in [4.69, 9.17) is 4.74 Å². The van der Waals surface area contributed by atoms with Crippen LogP contribution in [0.1, 0.15) is 24.2 Å². The minimum absolute atomic E-state index is 0.0628. The van der Waals surface area contributed by atoms with Gasteiger partial charge in [0.05, 0.1) is 11.4 Å². The highest BCUT2D eigenvalue weighted by molar-refractivity contribution is 6.15. The van der Waals surface area contributed by atoms with Gasteiger partial charge in [-0.15, -0.1) is 0 Å². The molecule has 1 aliphatic heterocycles. The quantitative estimate of drug-likeness (QED) is 0.607. The average molecular weight is 358 g/mol. The van der Waals surface area contributed by atoms with Gasteiger partial charge in [-0.25, -0.2) is 0 Å². The topological polar surface area (TPSA) is 32.8 Å². The molecular weight excluding hydrogens is 336 g/mol. The van der Waals surface area contributed by atoms with Gasteiger partial charge in [0.1, 0.15) is 5.69 Å². The first-order valence-electron chi connectivity index (χ1n) is 9.29. The molecule has 4 rings (SSSR count). The second kappa shape index (κ2) is 7.16. The van der Waals surface area contributed by atoms with Crippen LogP contribution in [-0.2, 0) is 0 Å². The molecule has 0 N–H and O–H groups in total. The number of rotatable bonds is 4. The Balaban J connectivity index is 1.94. The lowest BCUT2D eigenvalue weighted by atomic mass is 10.1. The Morgan fingerprint density at radius 1 is 0.852 bits per heavy atom. The third kappa shape index (κ3) is 2.93. The number of hydrogen-bond acceptors (Lipinski definition) is 3. The minimum Gasteiger partial charge on any atom is -0.453 e. The summed E-state index contributed by atoms with van der Waals surface area (Å²) in [5.74, 6) is 1.32. The number of amides is 1. The van der Waals surface area contributed by atoms with Gasteiger partial charge in [-0.1, -0.05) is 36.4 Å². The van der Waals surface area contributed by atoms with Crippen LogP contribution in [0.3, 0.4) is 0 Å². The summed E-state index contributed by atoms with van der Waals surface area (Å²) in [5, 5.41) is 0. The predicted octanol–water partition coefficient (Wildman–Crippen LogP) is 5.62. The Bertz CT molecular complexity index is 965. The Morgan fingerprint density at radius 2 is 1.52 bits per heavy atom. The molecule has 0 saturated heterocycles. The van der Waals surface area contributed by atoms with Crippen molar-refractivity contribution in [1.82, 2.24) is 0 Å². The molecular formula is C23H22N2O2. The van der Waals surface area contributed by atoms with E-state index in [9.17, 15) is 4.79 Å². The Kier molecular flexibility index (Phi) is 4.55. The van der Waals surface area contributed by atoms with Crippen LogP contribution in [-0.4, -0.2) is 19.0 Å². The van der Waals surface area contributed by atoms with E-state index in [0.717, 1.165) is 30.2 Å². The standard InChI is InChI=1S/C23H22N2O2/c1-3-24(4-2)19-14-10-16-21-22(19)25(18-13-8-9-15-20(18)27-21)23(26)17-11-6-5-7-12-17/h5-16H,3-4H2,1-2H3. The summed E-state index contributed by atoms with van der Waals surface area (Å²) in [6.45, 7) is 5.93. The van der Waals surface area contributed by atoms with Gasteiger partial charge in [-0.2, -0.15) is 0 Å². The molecule has 0 atom stereocenters. The zero-order chi connectivity index (χ0) is 18.8. The summed E-state index contributed by atoms with van der Waals surface area (Å²) in [6.07, 6.45) is 0. The Hall–Kier alpha value is -3.27. The molecule has 0 aliphatic carbocycles. The van der Waals surface area contributed by atoms with Crippen molar-refractivity contribution in [3.8, 4) is 11.5 Å². The van der Waals surface area contributed by atoms with E-state index in [1.807, 2.05) is 66.7 Å². The van der Waals surface area contributed by atoms with Crippen LogP contribution in [0.4, 0.5) is 17.1 Å². The van der Waals surface area contributed by atoms with E-state index in [1.54, 1.807) is 4.90 Å². The molecule has 4 heteroatoms. The van der Waals surface area contributed by atoms with Crippen LogP contribution in [0.25, 0.3) is 0 Å². The monoisotopic (exact) mass is 358 g/mol. The maximum Gasteiger partial charge on any atom is 0.263 e. The van der Waals surface area contributed by atoms with Crippen LogP contribution in [0.2, 0.25) is 0 Å². The summed E-state index contributed by atoms with van der Waals surface area (Å²) >= 11 is 0. The van der Waals surface area contributed by atoms with E-state index in [-0.39, 0.29) is 5.91 Å². The van der Waals surface area contributed by atoms with Crippen molar-refractivity contribution in [1.29, 1.82) is 0 Å². The Morgan fingerprint density at radius 3 is 2.26 bits per heavy atom. The highest BCUT2D eigenvalue weighted by Gasteiger charge is 2.32. The molecule has 0 bridgehead atoms. The number of hydrogen-bond donors (Lipinski definition) is 0. The van der Waals surface area contributed by atoms with Crippen LogP contribution in [0.5, 0.6) is 11.5 Å². The summed E-state index contributed by atoms with van der Waals surface area (Å²) < 4.78 is 6.15. The normalized spacial score (nSPS) is 12.0. The SMILES string of the molecule is CCN(CC)c1cccc2c1N(C(=O)c1ccccc1)c1ccccc1O2. The van der Waals surface area contributed by atoms with E-state index in [0.29, 0.717) is 17.1 Å². The molecule has 3 aromatic carbocycles. The molecule has 0 saturated carbocycles. The van der Waals surface area contributed by atoms with Crippen LogP contribution < -0.4 is 14.5 Å². The highest BCUT2D eigenvalue weighted by atomic mass is 16.5. The van der Waals surface area contributed by atoms with E-state index in [1.165, 1.54) is 0 Å². The van der Waals surface area contributed by atoms with Crippen molar-refractivity contribution in [2.24, 2.45) is 0 Å². The molecule has 0 unspecified atom stereocenters. The lowest BCUT2D eigenvalue weighted by Crippen LogP contribution is -2.32. The maximum atomic E-state index is 13.5. The average Bonchev–Trinajstić information content (AvgIpc) is 2.73. The van der Waals surface area contributed by atoms with Crippen LogP contribution in [0, 0.1) is 0 Å². The summed E-state index contributed by atoms with van der Waals surface area (Å²) in [7, 11) is 0. The lowest BCUT2D eigenvalue weighted by Gasteiger charge is -2.35. The van der Waals surface area contributed by atoms with Crippen molar-refractivity contribution >= 4 is 23.0 Å². The first kappa shape index (κ1) is 17.2. The molecule has 1 heterocycles. The number of carbonyl (C=O) groups is 1. The second-order valence-electron chi connectivity index (χ2n) is 6.37. The molecule has 27 heavy (non-hydrogen) atoms. The summed E-state index contributed by atoms with van der Waals surface area (Å²) in [4.78, 5) is 17.6. The number of anilines is 3. The van der Waals surface area contributed by atoms with Gasteiger partial charge >= 0.3 is 0 Å². The fourth-order valence-electron chi connectivity index (χ4n) is 3.53. The number of fused-ring (bicyclic) bond motifs is 2. The molecule has 1 amide bonds. The molecule has 0 fully saturated rings. The van der Waals surface area contributed by atoms with Crippen molar-refractivity contribution in [2.75, 3.05) is 22.9 Å². The van der Waals surface area contributed by atoms with Crippen molar-refractivity contribution in [3.05, 3.63) is 78.4 Å². The van der Waals surface area contributed by atoms with Crippen LogP contribution in [0.15, 0.2) is 72.8 Å². The molecule has 3 aromatic rings. The minimum atomic E-state index is -0.0628. The van der Waals surface area contributed by atoms with Gasteiger partial charge in [0.15, 0.2) is 11.5 Å². The van der Waals surface area contributed by atoms with Gasteiger partial charge in [0, 0.05) is 18.7 Å². The van der Waals surface area contributed by atoms with Crippen molar-refractivity contribution < 1.29 is 9.53 Å². The summed E-state index contributed by atoms with van der Waals surface area (Å²) in [5.41, 5.74) is 3.21. The summed E-state index contributed by atoms with van der Waals surface area (Å²) in [6, 6.07) is 23.0.